The third-order valence-corrected chi connectivity index (χ3v) is 3.96. The van der Waals surface area contributed by atoms with Crippen molar-refractivity contribution < 1.29 is 27.4 Å². The first-order chi connectivity index (χ1) is 12.4. The molecule has 1 aliphatic heterocycles. The summed E-state index contributed by atoms with van der Waals surface area (Å²) in [7, 11) is 0. The summed E-state index contributed by atoms with van der Waals surface area (Å²) in [6.45, 7) is 0.348. The van der Waals surface area contributed by atoms with E-state index in [2.05, 4.69) is 20.5 Å². The van der Waals surface area contributed by atoms with Gasteiger partial charge in [-0.25, -0.2) is 9.07 Å². The van der Waals surface area contributed by atoms with Crippen molar-refractivity contribution in [3.8, 4) is 11.5 Å². The molecule has 1 saturated heterocycles. The molecule has 0 unspecified atom stereocenters. The van der Waals surface area contributed by atoms with Crippen LogP contribution in [0.4, 0.5) is 13.2 Å². The lowest BCUT2D eigenvalue weighted by atomic mass is 9.99. The molecule has 1 N–H and O–H groups in total. The molecule has 26 heavy (non-hydrogen) atoms. The van der Waals surface area contributed by atoms with Crippen LogP contribution in [0.3, 0.4) is 0 Å². The highest BCUT2D eigenvalue weighted by Crippen LogP contribution is 2.28. The number of aromatic nitrogens is 5. The number of halogens is 3. The third kappa shape index (κ3) is 2.95. The lowest BCUT2D eigenvalue weighted by molar-refractivity contribution is -0.186. The minimum atomic E-state index is -2.89. The van der Waals surface area contributed by atoms with E-state index in [0.29, 0.717) is 5.69 Å². The van der Waals surface area contributed by atoms with E-state index in [4.69, 9.17) is 9.15 Å². The van der Waals surface area contributed by atoms with Crippen molar-refractivity contribution in [2.75, 3.05) is 13.2 Å². The molecule has 3 heterocycles. The highest BCUT2D eigenvalue weighted by Gasteiger charge is 2.40. The molecule has 0 amide bonds. The number of rotatable bonds is 5. The number of hydrogen-bond acceptors (Lipinski definition) is 7. The van der Waals surface area contributed by atoms with Crippen molar-refractivity contribution in [3.63, 3.8) is 0 Å². The normalized spacial score (nSPS) is 16.0. The van der Waals surface area contributed by atoms with Crippen LogP contribution in [-0.2, 0) is 16.9 Å². The molecular weight excluding hydrogens is 355 g/mol. The van der Waals surface area contributed by atoms with Crippen LogP contribution in [0.25, 0.3) is 11.5 Å². The average molecular weight is 367 g/mol. The first-order valence-corrected chi connectivity index (χ1v) is 7.56. The fourth-order valence-corrected chi connectivity index (χ4v) is 2.45. The maximum absolute atomic E-state index is 14.3. The fourth-order valence-electron chi connectivity index (χ4n) is 2.45. The summed E-state index contributed by atoms with van der Waals surface area (Å²) in [5.41, 5.74) is -0.325. The number of benzene rings is 1. The molecule has 1 aliphatic rings. The minimum Gasteiger partial charge on any atom is -0.415 e. The van der Waals surface area contributed by atoms with Gasteiger partial charge in [-0.05, 0) is 12.1 Å². The molecule has 3 aromatic rings. The molecular formula is C15H12F3N5O3. The Morgan fingerprint density at radius 1 is 1.23 bits per heavy atom. The van der Waals surface area contributed by atoms with E-state index in [-0.39, 0.29) is 36.8 Å². The maximum Gasteiger partial charge on any atom is 0.314 e. The molecule has 8 nitrogen and oxygen atoms in total. The highest BCUT2D eigenvalue weighted by molar-refractivity contribution is 5.53. The predicted octanol–water partition coefficient (Wildman–Crippen LogP) is 1.67. The Kier molecular flexibility index (Phi) is 3.96. The van der Waals surface area contributed by atoms with Gasteiger partial charge in [0.1, 0.15) is 11.5 Å². The predicted molar refractivity (Wildman–Crippen MR) is 78.5 cm³/mol. The van der Waals surface area contributed by atoms with Gasteiger partial charge >= 0.3 is 6.43 Å². The van der Waals surface area contributed by atoms with Crippen LogP contribution in [0.2, 0.25) is 0 Å². The van der Waals surface area contributed by atoms with Gasteiger partial charge in [-0.15, -0.1) is 15.3 Å². The van der Waals surface area contributed by atoms with E-state index in [1.165, 1.54) is 23.0 Å². The van der Waals surface area contributed by atoms with Gasteiger partial charge in [-0.2, -0.15) is 8.78 Å². The van der Waals surface area contributed by atoms with Crippen molar-refractivity contribution in [1.82, 2.24) is 25.2 Å². The minimum absolute atomic E-state index is 0.0716. The second-order valence-corrected chi connectivity index (χ2v) is 5.88. The number of ether oxygens (including phenoxy) is 1. The molecule has 136 valence electrons. The Balaban J connectivity index is 1.53. The first kappa shape index (κ1) is 16.7. The smallest absolute Gasteiger partial charge is 0.314 e. The van der Waals surface area contributed by atoms with E-state index in [1.807, 2.05) is 0 Å². The first-order valence-electron chi connectivity index (χ1n) is 7.56. The van der Waals surface area contributed by atoms with E-state index in [1.54, 1.807) is 0 Å². The van der Waals surface area contributed by atoms with Crippen molar-refractivity contribution >= 4 is 0 Å². The maximum atomic E-state index is 14.3. The molecule has 0 saturated carbocycles. The van der Waals surface area contributed by atoms with Crippen LogP contribution in [0.15, 0.2) is 28.8 Å². The Hall–Kier alpha value is -2.79. The summed E-state index contributed by atoms with van der Waals surface area (Å²) in [6.07, 6.45) is -1.37. The number of nitrogens with zero attached hydrogens (tertiary/aromatic N) is 5. The number of aliphatic hydroxyl groups is 1. The van der Waals surface area contributed by atoms with Crippen LogP contribution >= 0.6 is 0 Å². The Morgan fingerprint density at radius 2 is 2.04 bits per heavy atom. The summed E-state index contributed by atoms with van der Waals surface area (Å²) >= 11 is 0. The van der Waals surface area contributed by atoms with Gasteiger partial charge in [0.25, 0.3) is 5.89 Å². The van der Waals surface area contributed by atoms with E-state index in [9.17, 15) is 18.3 Å². The van der Waals surface area contributed by atoms with Gasteiger partial charge in [-0.1, -0.05) is 11.3 Å². The number of alkyl halides is 2. The van der Waals surface area contributed by atoms with Gasteiger partial charge < -0.3 is 14.3 Å². The SMILES string of the molecule is OC1(c2cn(Cc3ccc(-c4nnc(C(F)F)o4)cc3F)nn2)COC1. The second kappa shape index (κ2) is 6.18. The summed E-state index contributed by atoms with van der Waals surface area (Å²) in [5, 5.41) is 24.6. The van der Waals surface area contributed by atoms with Crippen LogP contribution < -0.4 is 0 Å². The fraction of sp³-hybridized carbons (Fsp3) is 0.333. The number of hydrogen-bond donors (Lipinski definition) is 1. The summed E-state index contributed by atoms with van der Waals surface area (Å²) in [5.74, 6) is -1.61. The van der Waals surface area contributed by atoms with Crippen molar-refractivity contribution in [2.45, 2.75) is 18.6 Å². The van der Waals surface area contributed by atoms with Crippen molar-refractivity contribution in [1.29, 1.82) is 0 Å². The molecule has 1 fully saturated rings. The Morgan fingerprint density at radius 3 is 2.65 bits per heavy atom. The molecule has 11 heteroatoms. The summed E-state index contributed by atoms with van der Waals surface area (Å²) in [4.78, 5) is 0. The third-order valence-electron chi connectivity index (χ3n) is 3.96. The zero-order valence-corrected chi connectivity index (χ0v) is 13.1. The largest absolute Gasteiger partial charge is 0.415 e. The molecule has 0 atom stereocenters. The zero-order chi connectivity index (χ0) is 18.3. The summed E-state index contributed by atoms with van der Waals surface area (Å²) in [6, 6.07) is 4.05. The Labute approximate surface area is 144 Å². The zero-order valence-electron chi connectivity index (χ0n) is 13.1. The lowest BCUT2D eigenvalue weighted by Gasteiger charge is -2.34. The van der Waals surface area contributed by atoms with Gasteiger partial charge in [0.2, 0.25) is 5.89 Å². The molecule has 0 aliphatic carbocycles. The van der Waals surface area contributed by atoms with E-state index in [0.717, 1.165) is 6.07 Å². The quantitative estimate of drug-likeness (QED) is 0.732. The van der Waals surface area contributed by atoms with Gasteiger partial charge in [-0.3, -0.25) is 0 Å². The molecule has 2 aromatic heterocycles. The van der Waals surface area contributed by atoms with Crippen LogP contribution in [0.5, 0.6) is 0 Å². The van der Waals surface area contributed by atoms with Crippen LogP contribution in [-0.4, -0.2) is 43.5 Å². The monoisotopic (exact) mass is 367 g/mol. The lowest BCUT2D eigenvalue weighted by Crippen LogP contribution is -2.46. The van der Waals surface area contributed by atoms with Gasteiger partial charge in [0, 0.05) is 11.1 Å². The Bertz CT molecular complexity index is 938. The van der Waals surface area contributed by atoms with Crippen LogP contribution in [0, 0.1) is 5.82 Å². The van der Waals surface area contributed by atoms with Crippen molar-refractivity contribution in [2.24, 2.45) is 0 Å². The van der Waals surface area contributed by atoms with E-state index < -0.39 is 23.7 Å². The van der Waals surface area contributed by atoms with Gasteiger partial charge in [0.15, 0.2) is 5.60 Å². The van der Waals surface area contributed by atoms with Gasteiger partial charge in [0.05, 0.1) is 26.0 Å². The summed E-state index contributed by atoms with van der Waals surface area (Å²) < 4.78 is 50.4. The molecule has 4 rings (SSSR count). The molecule has 0 bridgehead atoms. The topological polar surface area (TPSA) is 99.1 Å². The molecule has 0 radical (unpaired) electrons. The van der Waals surface area contributed by atoms with E-state index >= 15 is 0 Å². The molecule has 0 spiro atoms. The standard InChI is InChI=1S/C15H12F3N5O3/c16-10-3-8(13-20-21-14(26-13)12(17)18)1-2-9(10)4-23-5-11(19-22-23)15(24)6-25-7-15/h1-3,5,12,24H,4,6-7H2. The average Bonchev–Trinajstić information content (AvgIpc) is 3.24. The molecule has 1 aromatic carbocycles. The van der Waals surface area contributed by atoms with Crippen LogP contribution in [0.1, 0.15) is 23.6 Å². The second-order valence-electron chi connectivity index (χ2n) is 5.88. The van der Waals surface area contributed by atoms with Crippen molar-refractivity contribution in [3.05, 3.63) is 47.4 Å². The highest BCUT2D eigenvalue weighted by atomic mass is 19.3.